The minimum absolute atomic E-state index is 0.303. The molecule has 10 heavy (non-hydrogen) atoms. The summed E-state index contributed by atoms with van der Waals surface area (Å²) in [5.41, 5.74) is 4.03. The molecule has 2 heterocycles. The fourth-order valence-corrected chi connectivity index (χ4v) is 1.85. The predicted molar refractivity (Wildman–Crippen MR) is 30.8 cm³/mol. The highest BCUT2D eigenvalue weighted by Gasteiger charge is 2.65. The van der Waals surface area contributed by atoms with E-state index in [2.05, 4.69) is 0 Å². The Bertz CT molecular complexity index is 165. The van der Waals surface area contributed by atoms with E-state index in [-0.39, 0.29) is 0 Å². The van der Waals surface area contributed by atoms with Gasteiger partial charge in [0.2, 0.25) is 0 Å². The number of hydrogen-bond donors (Lipinski definition) is 1. The van der Waals surface area contributed by atoms with Crippen LogP contribution in [0.15, 0.2) is 0 Å². The SMILES string of the molecule is NC12COC(C(F)F)(C1)C2. The van der Waals surface area contributed by atoms with Gasteiger partial charge in [0.05, 0.1) is 6.61 Å². The van der Waals surface area contributed by atoms with E-state index in [0.29, 0.717) is 19.4 Å². The Morgan fingerprint density at radius 3 is 2.20 bits per heavy atom. The monoisotopic (exact) mass is 149 g/mol. The van der Waals surface area contributed by atoms with Crippen molar-refractivity contribution in [3.05, 3.63) is 0 Å². The van der Waals surface area contributed by atoms with Gasteiger partial charge in [-0.2, -0.15) is 0 Å². The van der Waals surface area contributed by atoms with Gasteiger partial charge < -0.3 is 10.5 Å². The van der Waals surface area contributed by atoms with Crippen molar-refractivity contribution in [2.24, 2.45) is 5.73 Å². The van der Waals surface area contributed by atoms with E-state index in [4.69, 9.17) is 10.5 Å². The van der Waals surface area contributed by atoms with Crippen LogP contribution in [0.25, 0.3) is 0 Å². The summed E-state index contributed by atoms with van der Waals surface area (Å²) in [5.74, 6) is 0. The van der Waals surface area contributed by atoms with Gasteiger partial charge in [0.1, 0.15) is 5.60 Å². The maximum Gasteiger partial charge on any atom is 0.267 e. The largest absolute Gasteiger partial charge is 0.367 e. The lowest BCUT2D eigenvalue weighted by Crippen LogP contribution is -2.58. The molecule has 4 heteroatoms. The quantitative estimate of drug-likeness (QED) is 0.589. The zero-order valence-electron chi connectivity index (χ0n) is 5.44. The van der Waals surface area contributed by atoms with Crippen molar-refractivity contribution in [1.29, 1.82) is 0 Å². The van der Waals surface area contributed by atoms with Crippen molar-refractivity contribution in [1.82, 2.24) is 0 Å². The van der Waals surface area contributed by atoms with Crippen LogP contribution in [0.1, 0.15) is 12.8 Å². The van der Waals surface area contributed by atoms with Gasteiger partial charge in [0.25, 0.3) is 6.43 Å². The topological polar surface area (TPSA) is 35.2 Å². The summed E-state index contributed by atoms with van der Waals surface area (Å²) < 4.78 is 29.2. The van der Waals surface area contributed by atoms with Crippen molar-refractivity contribution in [3.63, 3.8) is 0 Å². The zero-order valence-corrected chi connectivity index (χ0v) is 5.44. The maximum atomic E-state index is 12.2. The van der Waals surface area contributed by atoms with Crippen LogP contribution >= 0.6 is 0 Å². The number of nitrogens with two attached hydrogens (primary N) is 1. The van der Waals surface area contributed by atoms with Crippen molar-refractivity contribution < 1.29 is 13.5 Å². The molecular formula is C6H9F2NO. The third-order valence-corrected chi connectivity index (χ3v) is 2.35. The molecule has 3 fully saturated rings. The summed E-state index contributed by atoms with van der Waals surface area (Å²) in [6.45, 7) is 0.303. The second kappa shape index (κ2) is 1.51. The lowest BCUT2D eigenvalue weighted by molar-refractivity contribution is -0.120. The van der Waals surface area contributed by atoms with Gasteiger partial charge in [-0.3, -0.25) is 0 Å². The van der Waals surface area contributed by atoms with Crippen LogP contribution in [0, 0.1) is 0 Å². The molecule has 3 aliphatic rings. The molecule has 58 valence electrons. The molecular weight excluding hydrogens is 140 g/mol. The lowest BCUT2D eigenvalue weighted by Gasteiger charge is -2.41. The molecule has 2 aliphatic heterocycles. The van der Waals surface area contributed by atoms with E-state index >= 15 is 0 Å². The maximum absolute atomic E-state index is 12.2. The van der Waals surface area contributed by atoms with Crippen LogP contribution in [0.5, 0.6) is 0 Å². The minimum atomic E-state index is -2.37. The smallest absolute Gasteiger partial charge is 0.267 e. The Morgan fingerprint density at radius 2 is 2.00 bits per heavy atom. The van der Waals surface area contributed by atoms with Crippen LogP contribution in [0.4, 0.5) is 8.78 Å². The molecule has 2 bridgehead atoms. The molecule has 1 saturated carbocycles. The van der Waals surface area contributed by atoms with E-state index in [0.717, 1.165) is 0 Å². The van der Waals surface area contributed by atoms with Crippen molar-refractivity contribution in [2.45, 2.75) is 30.4 Å². The summed E-state index contributed by atoms with van der Waals surface area (Å²) in [6, 6.07) is 0. The summed E-state index contributed by atoms with van der Waals surface area (Å²) in [6.07, 6.45) is -1.71. The lowest BCUT2D eigenvalue weighted by atomic mass is 9.69. The molecule has 1 aliphatic carbocycles. The van der Waals surface area contributed by atoms with Crippen molar-refractivity contribution in [3.8, 4) is 0 Å². The number of alkyl halides is 2. The number of fused-ring (bicyclic) bond motifs is 1. The average Bonchev–Trinajstić information content (AvgIpc) is 2.19. The van der Waals surface area contributed by atoms with Crippen LogP contribution in [0.3, 0.4) is 0 Å². The summed E-state index contributed by atoms with van der Waals surface area (Å²) in [5, 5.41) is 0. The average molecular weight is 149 g/mol. The first-order valence-corrected chi connectivity index (χ1v) is 3.27. The number of halogens is 2. The number of ether oxygens (including phenoxy) is 1. The molecule has 0 atom stereocenters. The van der Waals surface area contributed by atoms with Crippen LogP contribution in [-0.2, 0) is 4.74 Å². The van der Waals surface area contributed by atoms with Gasteiger partial charge in [0, 0.05) is 18.4 Å². The molecule has 0 aromatic heterocycles. The standard InChI is InChI=1S/C6H9F2NO/c7-4(8)6-1-5(9,2-6)3-10-6/h4H,1-3,9H2. The molecule has 0 spiro atoms. The summed E-state index contributed by atoms with van der Waals surface area (Å²) >= 11 is 0. The van der Waals surface area contributed by atoms with E-state index in [1.807, 2.05) is 0 Å². The predicted octanol–water partition coefficient (Wildman–Crippen LogP) is 0.512. The highest BCUT2D eigenvalue weighted by atomic mass is 19.3. The Hall–Kier alpha value is -0.220. The van der Waals surface area contributed by atoms with Gasteiger partial charge in [-0.05, 0) is 0 Å². The molecule has 0 unspecified atom stereocenters. The Balaban J connectivity index is 2.13. The fourth-order valence-electron chi connectivity index (χ4n) is 1.85. The van der Waals surface area contributed by atoms with E-state index in [1.165, 1.54) is 0 Å². The summed E-state index contributed by atoms with van der Waals surface area (Å²) in [4.78, 5) is 0. The first-order valence-electron chi connectivity index (χ1n) is 3.27. The van der Waals surface area contributed by atoms with Crippen molar-refractivity contribution in [2.75, 3.05) is 6.61 Å². The molecule has 0 amide bonds. The van der Waals surface area contributed by atoms with Crippen LogP contribution < -0.4 is 5.73 Å². The first kappa shape index (κ1) is 6.49. The van der Waals surface area contributed by atoms with Gasteiger partial charge in [0.15, 0.2) is 0 Å². The molecule has 2 nitrogen and oxygen atoms in total. The molecule has 2 saturated heterocycles. The third-order valence-electron chi connectivity index (χ3n) is 2.35. The van der Waals surface area contributed by atoms with Crippen LogP contribution in [-0.4, -0.2) is 24.2 Å². The third kappa shape index (κ3) is 0.582. The molecule has 3 rings (SSSR count). The zero-order chi connectivity index (χ0) is 7.41. The summed E-state index contributed by atoms with van der Waals surface area (Å²) in [7, 11) is 0. The molecule has 0 aromatic rings. The van der Waals surface area contributed by atoms with Gasteiger partial charge in [-0.15, -0.1) is 0 Å². The normalized spacial score (nSPS) is 51.6. The highest BCUT2D eigenvalue weighted by Crippen LogP contribution is 2.52. The number of rotatable bonds is 1. The van der Waals surface area contributed by atoms with Gasteiger partial charge >= 0.3 is 0 Å². The van der Waals surface area contributed by atoms with Crippen molar-refractivity contribution >= 4 is 0 Å². The first-order chi connectivity index (χ1) is 4.56. The Morgan fingerprint density at radius 1 is 1.40 bits per heavy atom. The second-order valence-corrected chi connectivity index (χ2v) is 3.37. The van der Waals surface area contributed by atoms with E-state index in [9.17, 15) is 8.78 Å². The molecule has 0 aromatic carbocycles. The Labute approximate surface area is 57.3 Å². The van der Waals surface area contributed by atoms with E-state index in [1.54, 1.807) is 0 Å². The Kier molecular flexibility index (Phi) is 0.978. The molecule has 2 N–H and O–H groups in total. The van der Waals surface area contributed by atoms with Gasteiger partial charge in [-0.1, -0.05) is 0 Å². The number of hydrogen-bond acceptors (Lipinski definition) is 2. The fraction of sp³-hybridized carbons (Fsp3) is 1.00. The second-order valence-electron chi connectivity index (χ2n) is 3.37. The highest BCUT2D eigenvalue weighted by molar-refractivity contribution is 5.16. The van der Waals surface area contributed by atoms with Crippen LogP contribution in [0.2, 0.25) is 0 Å². The van der Waals surface area contributed by atoms with Gasteiger partial charge in [-0.25, -0.2) is 8.78 Å². The minimum Gasteiger partial charge on any atom is -0.367 e. The van der Waals surface area contributed by atoms with E-state index < -0.39 is 17.6 Å². The molecule has 0 radical (unpaired) electrons.